The summed E-state index contributed by atoms with van der Waals surface area (Å²) < 4.78 is 0. The Bertz CT molecular complexity index is 117. The van der Waals surface area contributed by atoms with Gasteiger partial charge >= 0.3 is 0 Å². The molecule has 0 saturated carbocycles. The van der Waals surface area contributed by atoms with Gasteiger partial charge in [-0.3, -0.25) is 4.90 Å². The van der Waals surface area contributed by atoms with Crippen LogP contribution in [0.3, 0.4) is 0 Å². The van der Waals surface area contributed by atoms with Crippen LogP contribution in [0.25, 0.3) is 0 Å². The Balaban J connectivity index is 2.31. The van der Waals surface area contributed by atoms with Crippen LogP contribution >= 0.6 is 0 Å². The summed E-state index contributed by atoms with van der Waals surface area (Å²) in [6.07, 6.45) is 2.21. The van der Waals surface area contributed by atoms with Crippen LogP contribution in [0.5, 0.6) is 0 Å². The molecule has 66 valence electrons. The van der Waals surface area contributed by atoms with Crippen LogP contribution in [-0.4, -0.2) is 41.8 Å². The van der Waals surface area contributed by atoms with Gasteiger partial charge in [-0.05, 0) is 26.3 Å². The lowest BCUT2D eigenvalue weighted by Gasteiger charge is -2.24. The van der Waals surface area contributed by atoms with Crippen molar-refractivity contribution in [3.05, 3.63) is 0 Å². The minimum absolute atomic E-state index is 0.220. The molecule has 0 bridgehead atoms. The van der Waals surface area contributed by atoms with E-state index in [0.717, 1.165) is 19.6 Å². The van der Waals surface area contributed by atoms with Crippen molar-refractivity contribution in [2.75, 3.05) is 19.6 Å². The van der Waals surface area contributed by atoms with Gasteiger partial charge in [0.2, 0.25) is 0 Å². The Hall–Kier alpha value is -0.120. The van der Waals surface area contributed by atoms with E-state index in [1.54, 1.807) is 0 Å². The smallest absolute Gasteiger partial charge is 0.0639 e. The highest BCUT2D eigenvalue weighted by Gasteiger charge is 2.23. The van der Waals surface area contributed by atoms with E-state index in [1.807, 2.05) is 6.92 Å². The molecule has 1 saturated heterocycles. The van der Waals surface area contributed by atoms with Gasteiger partial charge in [0.15, 0.2) is 0 Å². The van der Waals surface area contributed by atoms with Crippen molar-refractivity contribution in [3.8, 4) is 0 Å². The summed E-state index contributed by atoms with van der Waals surface area (Å²) in [4.78, 5) is 2.28. The summed E-state index contributed by atoms with van der Waals surface area (Å²) in [6.45, 7) is 4.44. The number of aliphatic hydroxyl groups is 1. The van der Waals surface area contributed by atoms with Gasteiger partial charge < -0.3 is 10.8 Å². The van der Waals surface area contributed by atoms with Gasteiger partial charge in [-0.2, -0.15) is 0 Å². The van der Waals surface area contributed by atoms with Crippen molar-refractivity contribution in [1.82, 2.24) is 4.90 Å². The zero-order chi connectivity index (χ0) is 8.27. The first-order valence-electron chi connectivity index (χ1n) is 4.36. The van der Waals surface area contributed by atoms with E-state index >= 15 is 0 Å². The molecule has 1 fully saturated rings. The Morgan fingerprint density at radius 3 is 3.00 bits per heavy atom. The number of hydrogen-bond donors (Lipinski definition) is 2. The molecule has 0 spiro atoms. The third-order valence-corrected chi connectivity index (χ3v) is 2.27. The summed E-state index contributed by atoms with van der Waals surface area (Å²) in [7, 11) is 0. The van der Waals surface area contributed by atoms with Gasteiger partial charge in [0.25, 0.3) is 0 Å². The third kappa shape index (κ3) is 2.43. The van der Waals surface area contributed by atoms with Gasteiger partial charge in [0.05, 0.1) is 6.10 Å². The van der Waals surface area contributed by atoms with E-state index in [-0.39, 0.29) is 6.10 Å². The molecule has 3 nitrogen and oxygen atoms in total. The Kier molecular flexibility index (Phi) is 3.30. The quantitative estimate of drug-likeness (QED) is 0.597. The maximum absolute atomic E-state index is 9.14. The lowest BCUT2D eigenvalue weighted by molar-refractivity contribution is 0.121. The molecule has 1 heterocycles. The summed E-state index contributed by atoms with van der Waals surface area (Å²) in [5.74, 6) is 0. The molecule has 0 aliphatic carbocycles. The summed E-state index contributed by atoms with van der Waals surface area (Å²) in [6, 6.07) is 0.518. The predicted octanol–water partition coefficient (Wildman–Crippen LogP) is -0.210. The molecular formula is C8H18N2O. The fraction of sp³-hybridized carbons (Fsp3) is 1.00. The molecule has 1 aliphatic rings. The topological polar surface area (TPSA) is 49.5 Å². The van der Waals surface area contributed by atoms with Crippen molar-refractivity contribution < 1.29 is 5.11 Å². The monoisotopic (exact) mass is 158 g/mol. The van der Waals surface area contributed by atoms with Crippen LogP contribution in [0, 0.1) is 0 Å². The molecule has 3 heteroatoms. The zero-order valence-corrected chi connectivity index (χ0v) is 7.16. The average molecular weight is 158 g/mol. The summed E-state index contributed by atoms with van der Waals surface area (Å²) in [5, 5.41) is 9.14. The second-order valence-corrected chi connectivity index (χ2v) is 3.38. The van der Waals surface area contributed by atoms with Crippen molar-refractivity contribution in [2.45, 2.75) is 31.9 Å². The zero-order valence-electron chi connectivity index (χ0n) is 7.16. The van der Waals surface area contributed by atoms with Crippen molar-refractivity contribution in [2.24, 2.45) is 5.73 Å². The first-order valence-corrected chi connectivity index (χ1v) is 4.36. The SMILES string of the molecule is C[C@@H](O)CN1CCCC1CN. The number of nitrogens with two attached hydrogens (primary N) is 1. The number of nitrogens with zero attached hydrogens (tertiary/aromatic N) is 1. The van der Waals surface area contributed by atoms with E-state index in [0.29, 0.717) is 6.04 Å². The standard InChI is InChI=1S/C8H18N2O/c1-7(11)6-10-4-2-3-8(10)5-9/h7-8,11H,2-6,9H2,1H3/t7-,8?/m1/s1. The average Bonchev–Trinajstić information content (AvgIpc) is 2.34. The highest BCUT2D eigenvalue weighted by molar-refractivity contribution is 4.80. The summed E-state index contributed by atoms with van der Waals surface area (Å²) in [5.41, 5.74) is 5.58. The lowest BCUT2D eigenvalue weighted by atomic mass is 10.2. The van der Waals surface area contributed by atoms with Crippen LogP contribution in [0.4, 0.5) is 0 Å². The maximum atomic E-state index is 9.14. The fourth-order valence-corrected chi connectivity index (χ4v) is 1.74. The molecule has 0 aromatic heterocycles. The van der Waals surface area contributed by atoms with E-state index in [2.05, 4.69) is 4.90 Å². The lowest BCUT2D eigenvalue weighted by Crippen LogP contribution is -2.39. The first-order chi connectivity index (χ1) is 5.24. The van der Waals surface area contributed by atoms with E-state index in [1.165, 1.54) is 12.8 Å². The van der Waals surface area contributed by atoms with Crippen LogP contribution in [0.15, 0.2) is 0 Å². The molecule has 11 heavy (non-hydrogen) atoms. The Labute approximate surface area is 68.2 Å². The van der Waals surface area contributed by atoms with Crippen LogP contribution in [0.2, 0.25) is 0 Å². The molecule has 1 rings (SSSR count). The number of β-amino-alcohol motifs (C(OH)–C–C–N with tert-alkyl or cyclic N) is 1. The van der Waals surface area contributed by atoms with Crippen LogP contribution in [0.1, 0.15) is 19.8 Å². The van der Waals surface area contributed by atoms with Crippen molar-refractivity contribution >= 4 is 0 Å². The minimum atomic E-state index is -0.220. The molecule has 1 aliphatic heterocycles. The number of hydrogen-bond acceptors (Lipinski definition) is 3. The fourth-order valence-electron chi connectivity index (χ4n) is 1.74. The largest absolute Gasteiger partial charge is 0.392 e. The highest BCUT2D eigenvalue weighted by Crippen LogP contribution is 2.15. The highest BCUT2D eigenvalue weighted by atomic mass is 16.3. The molecule has 1 unspecified atom stereocenters. The number of rotatable bonds is 3. The number of aliphatic hydroxyl groups excluding tert-OH is 1. The van der Waals surface area contributed by atoms with Gasteiger partial charge in [0, 0.05) is 19.1 Å². The predicted molar refractivity (Wildman–Crippen MR) is 45.3 cm³/mol. The molecule has 0 aromatic rings. The minimum Gasteiger partial charge on any atom is -0.392 e. The second-order valence-electron chi connectivity index (χ2n) is 3.38. The van der Waals surface area contributed by atoms with Gasteiger partial charge in [-0.25, -0.2) is 0 Å². The van der Waals surface area contributed by atoms with Crippen molar-refractivity contribution in [1.29, 1.82) is 0 Å². The van der Waals surface area contributed by atoms with Crippen LogP contribution in [-0.2, 0) is 0 Å². The molecule has 3 N–H and O–H groups in total. The van der Waals surface area contributed by atoms with Crippen molar-refractivity contribution in [3.63, 3.8) is 0 Å². The van der Waals surface area contributed by atoms with Gasteiger partial charge in [0.1, 0.15) is 0 Å². The van der Waals surface area contributed by atoms with E-state index < -0.39 is 0 Å². The maximum Gasteiger partial charge on any atom is 0.0639 e. The molecule has 2 atom stereocenters. The number of likely N-dealkylation sites (tertiary alicyclic amines) is 1. The van der Waals surface area contributed by atoms with E-state index in [4.69, 9.17) is 10.8 Å². The van der Waals surface area contributed by atoms with E-state index in [9.17, 15) is 0 Å². The molecule has 0 radical (unpaired) electrons. The second kappa shape index (κ2) is 4.04. The Morgan fingerprint density at radius 2 is 2.45 bits per heavy atom. The van der Waals surface area contributed by atoms with Crippen LogP contribution < -0.4 is 5.73 Å². The molecule has 0 amide bonds. The molecule has 0 aromatic carbocycles. The first kappa shape index (κ1) is 8.97. The Morgan fingerprint density at radius 1 is 1.73 bits per heavy atom. The van der Waals surface area contributed by atoms with Gasteiger partial charge in [-0.15, -0.1) is 0 Å². The summed E-state index contributed by atoms with van der Waals surface area (Å²) >= 11 is 0. The normalized spacial score (nSPS) is 29.2. The molecular weight excluding hydrogens is 140 g/mol. The van der Waals surface area contributed by atoms with Gasteiger partial charge in [-0.1, -0.05) is 0 Å². The third-order valence-electron chi connectivity index (χ3n) is 2.27.